The third-order valence-electron chi connectivity index (χ3n) is 4.16. The highest BCUT2D eigenvalue weighted by atomic mass is 32.1. The number of hydrogen-bond donors (Lipinski definition) is 0. The Kier molecular flexibility index (Phi) is 4.05. The van der Waals surface area contributed by atoms with E-state index in [2.05, 4.69) is 0 Å². The van der Waals surface area contributed by atoms with Gasteiger partial charge in [0.2, 0.25) is 5.91 Å². The number of piperidine rings is 1. The fraction of sp³-hybridized carbons (Fsp3) is 0.533. The number of nitrogens with zero attached hydrogens (tertiary/aromatic N) is 2. The van der Waals surface area contributed by atoms with Crippen LogP contribution in [0.25, 0.3) is 0 Å². The average Bonchev–Trinajstić information content (AvgIpc) is 3.18. The SMILES string of the molecule is O=C1CCN(C(=O)C2CCCN2C(=O)c2cccs2)CC1. The molecule has 2 amide bonds. The summed E-state index contributed by atoms with van der Waals surface area (Å²) < 4.78 is 0. The normalized spacial score (nSPS) is 22.7. The molecule has 0 saturated carbocycles. The number of carbonyl (C=O) groups excluding carboxylic acids is 3. The molecule has 112 valence electrons. The predicted molar refractivity (Wildman–Crippen MR) is 79.2 cm³/mol. The zero-order valence-corrected chi connectivity index (χ0v) is 12.6. The third kappa shape index (κ3) is 2.85. The lowest BCUT2D eigenvalue weighted by atomic mass is 10.1. The van der Waals surface area contributed by atoms with Crippen LogP contribution in [-0.2, 0) is 9.59 Å². The van der Waals surface area contributed by atoms with Gasteiger partial charge in [-0.3, -0.25) is 14.4 Å². The maximum absolute atomic E-state index is 12.6. The second-order valence-corrected chi connectivity index (χ2v) is 6.45. The number of rotatable bonds is 2. The van der Waals surface area contributed by atoms with Gasteiger partial charge in [0.15, 0.2) is 0 Å². The van der Waals surface area contributed by atoms with E-state index in [0.717, 1.165) is 12.8 Å². The molecule has 3 rings (SSSR count). The fourth-order valence-electron chi connectivity index (χ4n) is 3.00. The van der Waals surface area contributed by atoms with Crippen molar-refractivity contribution in [3.8, 4) is 0 Å². The van der Waals surface area contributed by atoms with Crippen molar-refractivity contribution in [2.75, 3.05) is 19.6 Å². The highest BCUT2D eigenvalue weighted by Crippen LogP contribution is 2.24. The van der Waals surface area contributed by atoms with Gasteiger partial charge in [-0.15, -0.1) is 11.3 Å². The summed E-state index contributed by atoms with van der Waals surface area (Å²) in [6.07, 6.45) is 2.47. The molecule has 1 atom stereocenters. The van der Waals surface area contributed by atoms with E-state index in [4.69, 9.17) is 0 Å². The number of Topliss-reactive ketones (excluding diaryl/α,β-unsaturated/α-hetero) is 1. The van der Waals surface area contributed by atoms with Gasteiger partial charge in [-0.2, -0.15) is 0 Å². The van der Waals surface area contributed by atoms with Crippen molar-refractivity contribution >= 4 is 28.9 Å². The van der Waals surface area contributed by atoms with Crippen LogP contribution in [0.4, 0.5) is 0 Å². The lowest BCUT2D eigenvalue weighted by Crippen LogP contribution is -2.50. The first kappa shape index (κ1) is 14.3. The molecule has 2 saturated heterocycles. The van der Waals surface area contributed by atoms with Crippen LogP contribution in [0.1, 0.15) is 35.4 Å². The summed E-state index contributed by atoms with van der Waals surface area (Å²) in [4.78, 5) is 40.5. The molecule has 21 heavy (non-hydrogen) atoms. The van der Waals surface area contributed by atoms with E-state index in [0.29, 0.717) is 37.4 Å². The molecule has 0 radical (unpaired) electrons. The van der Waals surface area contributed by atoms with E-state index in [1.54, 1.807) is 15.9 Å². The Balaban J connectivity index is 1.70. The second-order valence-electron chi connectivity index (χ2n) is 5.50. The topological polar surface area (TPSA) is 57.7 Å². The lowest BCUT2D eigenvalue weighted by molar-refractivity contribution is -0.138. The first-order chi connectivity index (χ1) is 10.2. The van der Waals surface area contributed by atoms with Gasteiger partial charge < -0.3 is 9.80 Å². The van der Waals surface area contributed by atoms with Crippen LogP contribution in [0.15, 0.2) is 17.5 Å². The number of amides is 2. The monoisotopic (exact) mass is 306 g/mol. The standard InChI is InChI=1S/C15H18N2O3S/c18-11-5-8-16(9-6-11)14(19)12-3-1-7-17(12)15(20)13-4-2-10-21-13/h2,4,10,12H,1,3,5-9H2. The van der Waals surface area contributed by atoms with E-state index in [1.165, 1.54) is 11.3 Å². The molecule has 6 heteroatoms. The van der Waals surface area contributed by atoms with Crippen LogP contribution in [0.2, 0.25) is 0 Å². The zero-order chi connectivity index (χ0) is 14.8. The Labute approximate surface area is 127 Å². The number of hydrogen-bond acceptors (Lipinski definition) is 4. The molecule has 0 aromatic carbocycles. The van der Waals surface area contributed by atoms with Crippen molar-refractivity contribution in [1.82, 2.24) is 9.80 Å². The number of likely N-dealkylation sites (tertiary alicyclic amines) is 2. The molecule has 2 aliphatic rings. The number of carbonyl (C=O) groups is 3. The van der Waals surface area contributed by atoms with Gasteiger partial charge in [0, 0.05) is 32.5 Å². The Morgan fingerprint density at radius 3 is 2.62 bits per heavy atom. The maximum Gasteiger partial charge on any atom is 0.264 e. The molecule has 3 heterocycles. The molecule has 2 fully saturated rings. The van der Waals surface area contributed by atoms with Gasteiger partial charge in [0.1, 0.15) is 11.8 Å². The van der Waals surface area contributed by atoms with Crippen LogP contribution in [-0.4, -0.2) is 53.1 Å². The summed E-state index contributed by atoms with van der Waals surface area (Å²) in [6, 6.07) is 3.29. The highest BCUT2D eigenvalue weighted by Gasteiger charge is 2.37. The summed E-state index contributed by atoms with van der Waals surface area (Å²) >= 11 is 1.41. The van der Waals surface area contributed by atoms with E-state index in [9.17, 15) is 14.4 Å². The maximum atomic E-state index is 12.6. The molecule has 1 unspecified atom stereocenters. The molecule has 1 aromatic rings. The van der Waals surface area contributed by atoms with Crippen molar-refractivity contribution in [1.29, 1.82) is 0 Å². The minimum absolute atomic E-state index is 0.00454. The van der Waals surface area contributed by atoms with Crippen molar-refractivity contribution in [2.45, 2.75) is 31.7 Å². The van der Waals surface area contributed by atoms with Crippen LogP contribution < -0.4 is 0 Å². The summed E-state index contributed by atoms with van der Waals surface area (Å²) in [7, 11) is 0. The minimum atomic E-state index is -0.354. The Morgan fingerprint density at radius 1 is 1.19 bits per heavy atom. The fourth-order valence-corrected chi connectivity index (χ4v) is 3.67. The van der Waals surface area contributed by atoms with E-state index in [-0.39, 0.29) is 23.6 Å². The molecule has 0 N–H and O–H groups in total. The van der Waals surface area contributed by atoms with E-state index in [1.807, 2.05) is 11.4 Å². The lowest BCUT2D eigenvalue weighted by Gasteiger charge is -2.32. The van der Waals surface area contributed by atoms with Crippen LogP contribution in [0.3, 0.4) is 0 Å². The second kappa shape index (κ2) is 5.97. The number of ketones is 1. The van der Waals surface area contributed by atoms with Crippen LogP contribution in [0, 0.1) is 0 Å². The van der Waals surface area contributed by atoms with Crippen molar-refractivity contribution < 1.29 is 14.4 Å². The highest BCUT2D eigenvalue weighted by molar-refractivity contribution is 7.12. The average molecular weight is 306 g/mol. The van der Waals surface area contributed by atoms with Crippen LogP contribution >= 0.6 is 11.3 Å². The van der Waals surface area contributed by atoms with Gasteiger partial charge in [-0.1, -0.05) is 6.07 Å². The summed E-state index contributed by atoms with van der Waals surface area (Å²) in [5.41, 5.74) is 0. The van der Waals surface area contributed by atoms with Crippen LogP contribution in [0.5, 0.6) is 0 Å². The van der Waals surface area contributed by atoms with Gasteiger partial charge in [-0.25, -0.2) is 0 Å². The van der Waals surface area contributed by atoms with Crippen molar-refractivity contribution in [3.05, 3.63) is 22.4 Å². The van der Waals surface area contributed by atoms with Gasteiger partial charge in [-0.05, 0) is 24.3 Å². The molecule has 5 nitrogen and oxygen atoms in total. The molecule has 2 aliphatic heterocycles. The zero-order valence-electron chi connectivity index (χ0n) is 11.8. The van der Waals surface area contributed by atoms with E-state index >= 15 is 0 Å². The summed E-state index contributed by atoms with van der Waals surface area (Å²) in [5.74, 6) is 0.177. The smallest absolute Gasteiger partial charge is 0.264 e. The Hall–Kier alpha value is -1.69. The number of thiophene rings is 1. The molecule has 1 aromatic heterocycles. The first-order valence-corrected chi connectivity index (χ1v) is 8.20. The quantitative estimate of drug-likeness (QED) is 0.833. The summed E-state index contributed by atoms with van der Waals surface area (Å²) in [6.45, 7) is 1.63. The summed E-state index contributed by atoms with van der Waals surface area (Å²) in [5, 5.41) is 1.87. The first-order valence-electron chi connectivity index (χ1n) is 7.32. The van der Waals surface area contributed by atoms with Crippen molar-refractivity contribution in [2.24, 2.45) is 0 Å². The molecular formula is C15H18N2O3S. The molecule has 0 aliphatic carbocycles. The van der Waals surface area contributed by atoms with Gasteiger partial charge in [0.05, 0.1) is 4.88 Å². The van der Waals surface area contributed by atoms with Crippen molar-refractivity contribution in [3.63, 3.8) is 0 Å². The molecular weight excluding hydrogens is 288 g/mol. The predicted octanol–water partition coefficient (Wildman–Crippen LogP) is 1.54. The Morgan fingerprint density at radius 2 is 1.95 bits per heavy atom. The van der Waals surface area contributed by atoms with Gasteiger partial charge in [0.25, 0.3) is 5.91 Å². The third-order valence-corrected chi connectivity index (χ3v) is 5.02. The van der Waals surface area contributed by atoms with E-state index < -0.39 is 0 Å². The molecule has 0 bridgehead atoms. The Bertz CT molecular complexity index is 545. The van der Waals surface area contributed by atoms with Gasteiger partial charge >= 0.3 is 0 Å². The minimum Gasteiger partial charge on any atom is -0.340 e. The largest absolute Gasteiger partial charge is 0.340 e. The molecule has 0 spiro atoms.